The normalized spacial score (nSPS) is 12.3. The average molecular weight is 394 g/mol. The first kappa shape index (κ1) is 20.7. The van der Waals surface area contributed by atoms with E-state index in [1.54, 1.807) is 19.1 Å². The molecular formula is C19H23FN2O4S. The number of sulfonamides is 1. The van der Waals surface area contributed by atoms with E-state index in [1.165, 1.54) is 18.2 Å². The van der Waals surface area contributed by atoms with E-state index in [0.29, 0.717) is 6.61 Å². The van der Waals surface area contributed by atoms with Crippen LogP contribution >= 0.6 is 0 Å². The Kier molecular flexibility index (Phi) is 6.79. The molecule has 0 aliphatic rings. The number of amides is 1. The van der Waals surface area contributed by atoms with E-state index in [2.05, 4.69) is 5.32 Å². The summed E-state index contributed by atoms with van der Waals surface area (Å²) < 4.78 is 44.2. The second-order valence-electron chi connectivity index (χ2n) is 6.01. The van der Waals surface area contributed by atoms with Crippen LogP contribution in [-0.4, -0.2) is 33.7 Å². The van der Waals surface area contributed by atoms with E-state index >= 15 is 0 Å². The number of nitrogens with zero attached hydrogens (tertiary/aromatic N) is 1. The lowest BCUT2D eigenvalue weighted by Crippen LogP contribution is -2.41. The first-order chi connectivity index (χ1) is 12.7. The topological polar surface area (TPSA) is 75.7 Å². The Morgan fingerprint density at radius 2 is 1.81 bits per heavy atom. The Morgan fingerprint density at radius 1 is 1.19 bits per heavy atom. The Labute approximate surface area is 159 Å². The molecule has 6 nitrogen and oxygen atoms in total. The minimum Gasteiger partial charge on any atom is -0.494 e. The van der Waals surface area contributed by atoms with Crippen molar-refractivity contribution in [3.63, 3.8) is 0 Å². The molecule has 0 aromatic heterocycles. The van der Waals surface area contributed by atoms with E-state index in [1.807, 2.05) is 19.1 Å². The van der Waals surface area contributed by atoms with Gasteiger partial charge in [-0.15, -0.1) is 0 Å². The predicted octanol–water partition coefficient (Wildman–Crippen LogP) is 2.87. The lowest BCUT2D eigenvalue weighted by molar-refractivity contribution is -0.120. The third-order valence-corrected chi connectivity index (χ3v) is 5.00. The lowest BCUT2D eigenvalue weighted by atomic mass is 10.1. The Balaban J connectivity index is 2.10. The highest BCUT2D eigenvalue weighted by Gasteiger charge is 2.24. The molecule has 2 aromatic carbocycles. The van der Waals surface area contributed by atoms with E-state index in [-0.39, 0.29) is 11.7 Å². The highest BCUT2D eigenvalue weighted by Crippen LogP contribution is 2.22. The number of para-hydroxylation sites is 1. The molecule has 27 heavy (non-hydrogen) atoms. The molecule has 0 radical (unpaired) electrons. The molecule has 1 N–H and O–H groups in total. The quantitative estimate of drug-likeness (QED) is 0.747. The zero-order chi connectivity index (χ0) is 20.0. The van der Waals surface area contributed by atoms with Crippen molar-refractivity contribution >= 4 is 21.6 Å². The van der Waals surface area contributed by atoms with Crippen molar-refractivity contribution in [2.24, 2.45) is 0 Å². The summed E-state index contributed by atoms with van der Waals surface area (Å²) in [4.78, 5) is 12.4. The van der Waals surface area contributed by atoms with Crippen LogP contribution in [0.2, 0.25) is 0 Å². The monoisotopic (exact) mass is 394 g/mol. The van der Waals surface area contributed by atoms with Gasteiger partial charge in [-0.3, -0.25) is 9.10 Å². The van der Waals surface area contributed by atoms with Crippen molar-refractivity contribution < 1.29 is 22.3 Å². The van der Waals surface area contributed by atoms with Crippen LogP contribution in [0.4, 0.5) is 10.1 Å². The van der Waals surface area contributed by atoms with Crippen molar-refractivity contribution in [2.75, 3.05) is 23.7 Å². The van der Waals surface area contributed by atoms with Crippen molar-refractivity contribution in [1.82, 2.24) is 5.32 Å². The second kappa shape index (κ2) is 8.85. The highest BCUT2D eigenvalue weighted by molar-refractivity contribution is 7.92. The number of anilines is 1. The number of ether oxygens (including phenoxy) is 1. The van der Waals surface area contributed by atoms with Gasteiger partial charge in [-0.25, -0.2) is 12.8 Å². The number of nitrogens with one attached hydrogen (secondary N) is 1. The fourth-order valence-electron chi connectivity index (χ4n) is 2.56. The van der Waals surface area contributed by atoms with E-state index in [0.717, 1.165) is 27.9 Å². The predicted molar refractivity (Wildman–Crippen MR) is 103 cm³/mol. The number of hydrogen-bond donors (Lipinski definition) is 1. The molecule has 0 bridgehead atoms. The standard InChI is InChI=1S/C19H23FN2O4S/c1-4-26-16-11-9-15(10-12-16)14(2)21-19(23)13-22(27(3,24)25)18-8-6-5-7-17(18)20/h5-12,14H,4,13H2,1-3H3,(H,21,23). The molecule has 1 amide bonds. The summed E-state index contributed by atoms with van der Waals surface area (Å²) in [6.07, 6.45) is 0.933. The molecule has 0 saturated carbocycles. The molecule has 1 unspecified atom stereocenters. The molecule has 2 rings (SSSR count). The van der Waals surface area contributed by atoms with Crippen LogP contribution < -0.4 is 14.4 Å². The van der Waals surface area contributed by atoms with Gasteiger partial charge in [0.1, 0.15) is 18.1 Å². The summed E-state index contributed by atoms with van der Waals surface area (Å²) >= 11 is 0. The Bertz CT molecular complexity index is 885. The molecule has 2 aromatic rings. The minimum atomic E-state index is -3.83. The van der Waals surface area contributed by atoms with Crippen molar-refractivity contribution in [3.8, 4) is 5.75 Å². The first-order valence-corrected chi connectivity index (χ1v) is 10.3. The second-order valence-corrected chi connectivity index (χ2v) is 7.92. The summed E-state index contributed by atoms with van der Waals surface area (Å²) in [7, 11) is -3.83. The SMILES string of the molecule is CCOc1ccc(C(C)NC(=O)CN(c2ccccc2F)S(C)(=O)=O)cc1. The van der Waals surface area contributed by atoms with Gasteiger partial charge in [-0.2, -0.15) is 0 Å². The number of benzene rings is 2. The van der Waals surface area contributed by atoms with Gasteiger partial charge >= 0.3 is 0 Å². The molecule has 0 aliphatic heterocycles. The Morgan fingerprint density at radius 3 is 2.37 bits per heavy atom. The van der Waals surface area contributed by atoms with Crippen LogP contribution in [0.3, 0.4) is 0 Å². The summed E-state index contributed by atoms with van der Waals surface area (Å²) in [5, 5.41) is 2.73. The van der Waals surface area contributed by atoms with Crippen LogP contribution in [0.1, 0.15) is 25.5 Å². The molecule has 0 spiro atoms. The summed E-state index contributed by atoms with van der Waals surface area (Å²) in [5.41, 5.74) is 0.674. The third-order valence-electron chi connectivity index (χ3n) is 3.88. The molecule has 0 fully saturated rings. The molecule has 0 aliphatic carbocycles. The van der Waals surface area contributed by atoms with Gasteiger partial charge in [-0.1, -0.05) is 24.3 Å². The van der Waals surface area contributed by atoms with Gasteiger partial charge in [0.15, 0.2) is 0 Å². The fraction of sp³-hybridized carbons (Fsp3) is 0.316. The lowest BCUT2D eigenvalue weighted by Gasteiger charge is -2.23. The van der Waals surface area contributed by atoms with Gasteiger partial charge in [0.2, 0.25) is 15.9 Å². The minimum absolute atomic E-state index is 0.163. The van der Waals surface area contributed by atoms with Crippen molar-refractivity contribution in [2.45, 2.75) is 19.9 Å². The van der Waals surface area contributed by atoms with Gasteiger partial charge in [0.05, 0.1) is 24.6 Å². The molecule has 8 heteroatoms. The van der Waals surface area contributed by atoms with Crippen LogP contribution in [0.15, 0.2) is 48.5 Å². The molecule has 1 atom stereocenters. The average Bonchev–Trinajstić information content (AvgIpc) is 2.60. The fourth-order valence-corrected chi connectivity index (χ4v) is 3.41. The zero-order valence-electron chi connectivity index (χ0n) is 15.5. The van der Waals surface area contributed by atoms with Crippen LogP contribution in [0, 0.1) is 5.82 Å². The third kappa shape index (κ3) is 5.68. The van der Waals surface area contributed by atoms with E-state index in [9.17, 15) is 17.6 Å². The summed E-state index contributed by atoms with van der Waals surface area (Å²) in [6, 6.07) is 12.3. The van der Waals surface area contributed by atoms with E-state index < -0.39 is 28.3 Å². The molecule has 0 heterocycles. The van der Waals surface area contributed by atoms with Gasteiger partial charge < -0.3 is 10.1 Å². The highest BCUT2D eigenvalue weighted by atomic mass is 32.2. The first-order valence-electron chi connectivity index (χ1n) is 8.46. The van der Waals surface area contributed by atoms with Crippen molar-refractivity contribution in [1.29, 1.82) is 0 Å². The van der Waals surface area contributed by atoms with Crippen LogP contribution in [0.25, 0.3) is 0 Å². The molecular weight excluding hydrogens is 371 g/mol. The Hall–Kier alpha value is -2.61. The number of carbonyl (C=O) groups excluding carboxylic acids is 1. The maximum Gasteiger partial charge on any atom is 0.241 e. The van der Waals surface area contributed by atoms with Gasteiger partial charge in [0.25, 0.3) is 0 Å². The van der Waals surface area contributed by atoms with Crippen LogP contribution in [-0.2, 0) is 14.8 Å². The smallest absolute Gasteiger partial charge is 0.241 e. The van der Waals surface area contributed by atoms with E-state index in [4.69, 9.17) is 4.74 Å². The maximum absolute atomic E-state index is 14.0. The number of hydrogen-bond acceptors (Lipinski definition) is 4. The largest absolute Gasteiger partial charge is 0.494 e. The molecule has 146 valence electrons. The maximum atomic E-state index is 14.0. The number of carbonyl (C=O) groups is 1. The number of rotatable bonds is 8. The summed E-state index contributed by atoms with van der Waals surface area (Å²) in [6.45, 7) is 3.71. The van der Waals surface area contributed by atoms with Crippen LogP contribution in [0.5, 0.6) is 5.75 Å². The van der Waals surface area contributed by atoms with Gasteiger partial charge in [-0.05, 0) is 43.7 Å². The zero-order valence-corrected chi connectivity index (χ0v) is 16.3. The molecule has 0 saturated heterocycles. The summed E-state index contributed by atoms with van der Waals surface area (Å²) in [5.74, 6) is -0.525. The number of halogens is 1. The van der Waals surface area contributed by atoms with Gasteiger partial charge in [0, 0.05) is 0 Å². The van der Waals surface area contributed by atoms with Crippen molar-refractivity contribution in [3.05, 3.63) is 59.9 Å².